The van der Waals surface area contributed by atoms with Crippen molar-refractivity contribution in [1.82, 2.24) is 4.90 Å². The van der Waals surface area contributed by atoms with Gasteiger partial charge in [-0.15, -0.1) is 23.2 Å². The molecule has 2 saturated heterocycles. The number of rotatable bonds is 4. The molecule has 4 amide bonds. The van der Waals surface area contributed by atoms with Crippen molar-refractivity contribution in [3.63, 3.8) is 0 Å². The molecule has 6 atom stereocenters. The molecule has 2 aliphatic carbocycles. The molecule has 8 nitrogen and oxygen atoms in total. The number of methoxy groups -OCH3 is 1. The number of phenols is 1. The lowest BCUT2D eigenvalue weighted by atomic mass is 9.56. The lowest BCUT2D eigenvalue weighted by Crippen LogP contribution is -2.60. The third-order valence-corrected chi connectivity index (χ3v) is 11.5. The summed E-state index contributed by atoms with van der Waals surface area (Å²) in [6, 6.07) is 2.68. The molecule has 1 saturated carbocycles. The highest BCUT2D eigenvalue weighted by molar-refractivity contribution is 14.1. The number of alkyl halides is 2. The van der Waals surface area contributed by atoms with Crippen molar-refractivity contribution in [3.8, 4) is 11.5 Å². The lowest BCUT2D eigenvalue weighted by molar-refractivity contribution is -0.140. The molecule has 2 aliphatic heterocycles. The van der Waals surface area contributed by atoms with E-state index in [0.29, 0.717) is 5.57 Å². The molecule has 45 heavy (non-hydrogen) atoms. The van der Waals surface area contributed by atoms with Crippen LogP contribution in [0.3, 0.4) is 0 Å². The van der Waals surface area contributed by atoms with Crippen LogP contribution in [-0.2, 0) is 19.2 Å². The highest BCUT2D eigenvalue weighted by atomic mass is 127. The summed E-state index contributed by atoms with van der Waals surface area (Å²) in [5, 5.41) is 10.5. The number of aromatic hydroxyl groups is 1. The molecule has 0 bridgehead atoms. The van der Waals surface area contributed by atoms with E-state index in [0.717, 1.165) is 4.90 Å². The van der Waals surface area contributed by atoms with Gasteiger partial charge in [0, 0.05) is 12.5 Å². The van der Waals surface area contributed by atoms with Gasteiger partial charge < -0.3 is 9.84 Å². The number of hydrogen-bond acceptors (Lipinski definition) is 6. The van der Waals surface area contributed by atoms with Crippen LogP contribution in [0.15, 0.2) is 23.8 Å². The number of phenolic OH excluding ortho intramolecular Hbond substituents is 1. The molecule has 238 valence electrons. The first-order valence-electron chi connectivity index (χ1n) is 13.5. The van der Waals surface area contributed by atoms with Crippen LogP contribution in [0.1, 0.15) is 31.2 Å². The Morgan fingerprint density at radius 2 is 1.56 bits per heavy atom. The van der Waals surface area contributed by atoms with Gasteiger partial charge in [0.05, 0.1) is 22.5 Å². The Hall–Kier alpha value is -2.98. The van der Waals surface area contributed by atoms with Crippen LogP contribution in [0.25, 0.3) is 0 Å². The molecule has 4 aliphatic rings. The molecule has 6 unspecified atom stereocenters. The summed E-state index contributed by atoms with van der Waals surface area (Å²) in [7, 11) is 1.24. The summed E-state index contributed by atoms with van der Waals surface area (Å²) >= 11 is 15.9. The zero-order chi connectivity index (χ0) is 33.1. The van der Waals surface area contributed by atoms with Gasteiger partial charge in [-0.3, -0.25) is 24.1 Å². The van der Waals surface area contributed by atoms with Crippen molar-refractivity contribution < 1.29 is 51.0 Å². The van der Waals surface area contributed by atoms with Gasteiger partial charge in [0.2, 0.25) is 17.6 Å². The number of benzene rings is 2. The van der Waals surface area contributed by atoms with Crippen LogP contribution < -0.4 is 9.64 Å². The van der Waals surface area contributed by atoms with E-state index in [4.69, 9.17) is 27.9 Å². The lowest BCUT2D eigenvalue weighted by Gasteiger charge is -2.50. The van der Waals surface area contributed by atoms with Gasteiger partial charge in [-0.1, -0.05) is 11.6 Å². The number of halogens is 8. The minimum atomic E-state index is -2.66. The van der Waals surface area contributed by atoms with Crippen molar-refractivity contribution in [3.05, 3.63) is 62.0 Å². The number of fused-ring (bicyclic) bond motifs is 4. The maximum atomic E-state index is 15.1. The van der Waals surface area contributed by atoms with E-state index in [2.05, 4.69) is 0 Å². The fraction of sp³-hybridized carbons (Fsp3) is 0.379. The highest BCUT2D eigenvalue weighted by Crippen LogP contribution is 2.66. The van der Waals surface area contributed by atoms with Crippen molar-refractivity contribution in [2.45, 2.75) is 35.4 Å². The quantitative estimate of drug-likeness (QED) is 0.0861. The van der Waals surface area contributed by atoms with E-state index in [1.165, 1.54) is 19.2 Å². The first kappa shape index (κ1) is 32.0. The average molecular weight is 785 g/mol. The number of nitrogens with zero attached hydrogens (tertiary/aromatic N) is 2. The molecule has 1 N–H and O–H groups in total. The Labute approximate surface area is 275 Å². The Kier molecular flexibility index (Phi) is 7.48. The second-order valence-corrected chi connectivity index (χ2v) is 13.6. The molecule has 0 spiro atoms. The predicted molar refractivity (Wildman–Crippen MR) is 156 cm³/mol. The van der Waals surface area contributed by atoms with E-state index >= 15 is 8.78 Å². The van der Waals surface area contributed by atoms with Crippen LogP contribution in [0.2, 0.25) is 0 Å². The summed E-state index contributed by atoms with van der Waals surface area (Å²) in [5.41, 5.74) is -1.44. The van der Waals surface area contributed by atoms with Crippen LogP contribution in [0.5, 0.6) is 11.5 Å². The van der Waals surface area contributed by atoms with Gasteiger partial charge in [0.1, 0.15) is 5.69 Å². The zero-order valence-electron chi connectivity index (χ0n) is 23.1. The van der Waals surface area contributed by atoms with E-state index in [9.17, 15) is 37.5 Å². The topological polar surface area (TPSA) is 104 Å². The van der Waals surface area contributed by atoms with E-state index in [-0.39, 0.29) is 38.5 Å². The molecule has 6 rings (SSSR count). The maximum Gasteiger partial charge on any atom is 0.258 e. The van der Waals surface area contributed by atoms with Crippen molar-refractivity contribution in [2.24, 2.45) is 17.8 Å². The van der Waals surface area contributed by atoms with Crippen molar-refractivity contribution >= 4 is 75.1 Å². The standard InChI is InChI=1S/C29H20Cl2F5IN2O6/c1-3-38-24(41)11-5-4-10-12(15(11)25(38)42)8-28(30)26(43)39(22-20(35)18(33)17(32)19(34)21(22)36)27(44)29(28,31)16(10)9-6-13(37)23(40)14(7-9)45-2/h4,6-7,11-12,15-16,40H,3,5,8H2,1-2H3. The highest BCUT2D eigenvalue weighted by Gasteiger charge is 2.77. The fourth-order valence-corrected chi connectivity index (χ4v) is 8.79. The van der Waals surface area contributed by atoms with E-state index in [1.807, 2.05) is 0 Å². The average Bonchev–Trinajstić information content (AvgIpc) is 3.34. The Morgan fingerprint density at radius 1 is 0.956 bits per heavy atom. The summed E-state index contributed by atoms with van der Waals surface area (Å²) in [5.74, 6) is -21.2. The third kappa shape index (κ3) is 3.93. The van der Waals surface area contributed by atoms with Gasteiger partial charge in [0.25, 0.3) is 11.8 Å². The second kappa shape index (κ2) is 10.5. The number of likely N-dealkylation sites (tertiary alicyclic amines) is 1. The zero-order valence-corrected chi connectivity index (χ0v) is 26.7. The van der Waals surface area contributed by atoms with Gasteiger partial charge >= 0.3 is 0 Å². The summed E-state index contributed by atoms with van der Waals surface area (Å²) < 4.78 is 78.2. The van der Waals surface area contributed by atoms with Gasteiger partial charge in [-0.2, -0.15) is 0 Å². The number of ether oxygens (including phenoxy) is 1. The number of amides is 4. The second-order valence-electron chi connectivity index (χ2n) is 11.2. The Balaban J connectivity index is 1.63. The largest absolute Gasteiger partial charge is 0.504 e. The summed E-state index contributed by atoms with van der Waals surface area (Å²) in [4.78, 5) is 50.6. The molecular weight excluding hydrogens is 765 g/mol. The van der Waals surface area contributed by atoms with Crippen LogP contribution in [0.4, 0.5) is 27.6 Å². The number of carbonyl (C=O) groups excluding carboxylic acids is 4. The normalized spacial score (nSPS) is 30.8. The Bertz CT molecular complexity index is 1760. The van der Waals surface area contributed by atoms with Crippen LogP contribution in [0, 0.1) is 50.4 Å². The summed E-state index contributed by atoms with van der Waals surface area (Å²) in [6.45, 7) is 1.66. The SMILES string of the molecule is CCN1C(=O)C2CC=C3C(CC4(Cl)C(=O)N(c5c(F)c(F)c(F)c(F)c5F)C(=O)C4(Cl)C3c3cc(I)c(O)c(OC)c3)C2C1=O. The number of allylic oxidation sites excluding steroid dienone is 2. The molecular formula is C29H20Cl2F5IN2O6. The first-order chi connectivity index (χ1) is 21.1. The summed E-state index contributed by atoms with van der Waals surface area (Å²) in [6.07, 6.45) is 1.03. The molecule has 2 aromatic rings. The smallest absolute Gasteiger partial charge is 0.258 e. The molecule has 2 aromatic carbocycles. The van der Waals surface area contributed by atoms with Gasteiger partial charge in [0.15, 0.2) is 44.5 Å². The van der Waals surface area contributed by atoms with Gasteiger partial charge in [-0.05, 0) is 66.0 Å². The van der Waals surface area contributed by atoms with E-state index < -0.39 is 98.2 Å². The molecule has 2 heterocycles. The molecule has 3 fully saturated rings. The van der Waals surface area contributed by atoms with Gasteiger partial charge in [-0.25, -0.2) is 26.9 Å². The molecule has 16 heteroatoms. The minimum Gasteiger partial charge on any atom is -0.504 e. The number of anilines is 1. The molecule has 0 radical (unpaired) electrons. The third-order valence-electron chi connectivity index (χ3n) is 9.23. The predicted octanol–water partition coefficient (Wildman–Crippen LogP) is 5.28. The minimum absolute atomic E-state index is 0.0339. The number of hydrogen-bond donors (Lipinski definition) is 1. The fourth-order valence-electron chi connectivity index (χ4n) is 7.23. The number of carbonyl (C=O) groups is 4. The Morgan fingerprint density at radius 3 is 2.13 bits per heavy atom. The van der Waals surface area contributed by atoms with Crippen LogP contribution in [-0.4, -0.2) is 57.0 Å². The van der Waals surface area contributed by atoms with Crippen LogP contribution >= 0.6 is 45.8 Å². The maximum absolute atomic E-state index is 15.1. The molecule has 0 aromatic heterocycles. The number of imide groups is 2. The van der Waals surface area contributed by atoms with Crippen molar-refractivity contribution in [2.75, 3.05) is 18.6 Å². The monoisotopic (exact) mass is 784 g/mol. The van der Waals surface area contributed by atoms with Crippen molar-refractivity contribution in [1.29, 1.82) is 0 Å². The van der Waals surface area contributed by atoms with E-state index in [1.54, 1.807) is 35.6 Å². The first-order valence-corrected chi connectivity index (χ1v) is 15.3.